The molecule has 0 aromatic carbocycles. The Labute approximate surface area is 416 Å². The highest BCUT2D eigenvalue weighted by atomic mass is 16.7. The van der Waals surface area contributed by atoms with E-state index in [2.05, 4.69) is 38.2 Å². The number of aliphatic hydroxyl groups excluding tert-OH is 5. The van der Waals surface area contributed by atoms with E-state index in [1.165, 1.54) is 161 Å². The first-order valence-corrected chi connectivity index (χ1v) is 28.6. The van der Waals surface area contributed by atoms with Crippen molar-refractivity contribution < 1.29 is 49.3 Å². The van der Waals surface area contributed by atoms with Gasteiger partial charge in [-0.05, 0) is 51.4 Å². The number of allylic oxidation sites excluding steroid dienone is 3. The maximum Gasteiger partial charge on any atom is 0.306 e. The van der Waals surface area contributed by atoms with E-state index in [9.17, 15) is 35.1 Å². The molecule has 1 aliphatic rings. The Bertz CT molecular complexity index is 1200. The van der Waals surface area contributed by atoms with E-state index >= 15 is 0 Å². The lowest BCUT2D eigenvalue weighted by Gasteiger charge is -2.41. The normalized spacial score (nSPS) is 20.0. The topological polar surface area (TPSA) is 175 Å². The lowest BCUT2D eigenvalue weighted by Crippen LogP contribution is -2.61. The van der Waals surface area contributed by atoms with Gasteiger partial charge < -0.3 is 45.1 Å². The number of aliphatic hydroxyl groups is 5. The van der Waals surface area contributed by atoms with Crippen LogP contribution in [-0.4, -0.2) is 99.6 Å². The van der Waals surface area contributed by atoms with Crippen molar-refractivity contribution in [3.63, 3.8) is 0 Å². The Hall–Kier alpha value is -1.86. The molecule has 0 radical (unpaired) electrons. The third kappa shape index (κ3) is 34.5. The highest BCUT2D eigenvalue weighted by Gasteiger charge is 2.47. The number of rotatable bonds is 48. The van der Waals surface area contributed by atoms with Crippen molar-refractivity contribution in [2.45, 2.75) is 314 Å². The third-order valence-electron chi connectivity index (χ3n) is 13.6. The molecule has 8 atom stereocenters. The van der Waals surface area contributed by atoms with Crippen LogP contribution in [0.1, 0.15) is 265 Å². The molecular formula is C57H107NO10. The molecule has 0 saturated carbocycles. The fourth-order valence-corrected chi connectivity index (χ4v) is 9.00. The standard InChI is InChI=1S/C57H107NO10/c1-4-7-10-13-16-19-22-25-27-30-33-36-39-42-45-52(62)68-55-54(64)53(63)51(46-59)67-57(55)66-47-48(49(60)43-40-37-34-31-28-24-21-18-15-12-9-6-3)58-56(65)50(61)44-41-38-35-32-29-26-23-20-17-14-11-8-5-2/h29,32,40,43,48-51,53-55,57,59-61,63-64H,4-28,30-31,33-39,41-42,44-47H2,1-3H3,(H,58,65)/b32-29-,43-40+. The van der Waals surface area contributed by atoms with Crippen LogP contribution in [0.2, 0.25) is 0 Å². The van der Waals surface area contributed by atoms with Crippen LogP contribution >= 0.6 is 0 Å². The molecule has 1 amide bonds. The van der Waals surface area contributed by atoms with E-state index in [-0.39, 0.29) is 19.4 Å². The van der Waals surface area contributed by atoms with E-state index < -0.39 is 67.4 Å². The van der Waals surface area contributed by atoms with Crippen LogP contribution in [0.25, 0.3) is 0 Å². The number of hydrogen-bond donors (Lipinski definition) is 6. The van der Waals surface area contributed by atoms with Gasteiger partial charge >= 0.3 is 5.97 Å². The van der Waals surface area contributed by atoms with Crippen LogP contribution in [-0.2, 0) is 23.8 Å². The summed E-state index contributed by atoms with van der Waals surface area (Å²) < 4.78 is 17.6. The third-order valence-corrected chi connectivity index (χ3v) is 13.6. The molecule has 1 rings (SSSR count). The van der Waals surface area contributed by atoms with Crippen molar-refractivity contribution in [1.82, 2.24) is 5.32 Å². The minimum atomic E-state index is -1.61. The predicted octanol–water partition coefficient (Wildman–Crippen LogP) is 12.6. The fourth-order valence-electron chi connectivity index (χ4n) is 9.00. The van der Waals surface area contributed by atoms with Crippen molar-refractivity contribution in [1.29, 1.82) is 0 Å². The molecule has 400 valence electrons. The highest BCUT2D eigenvalue weighted by Crippen LogP contribution is 2.26. The van der Waals surface area contributed by atoms with Gasteiger partial charge in [-0.1, -0.05) is 231 Å². The van der Waals surface area contributed by atoms with Gasteiger partial charge in [-0.15, -0.1) is 0 Å². The smallest absolute Gasteiger partial charge is 0.306 e. The summed E-state index contributed by atoms with van der Waals surface area (Å²) in [7, 11) is 0. The Morgan fingerprint density at radius 3 is 1.43 bits per heavy atom. The van der Waals surface area contributed by atoms with E-state index in [0.717, 1.165) is 57.8 Å². The molecule has 0 bridgehead atoms. The molecule has 0 aromatic rings. The first kappa shape index (κ1) is 64.2. The minimum Gasteiger partial charge on any atom is -0.454 e. The predicted molar refractivity (Wildman–Crippen MR) is 278 cm³/mol. The first-order chi connectivity index (χ1) is 33.2. The number of carbonyl (C=O) groups excluding carboxylic acids is 2. The maximum atomic E-state index is 13.3. The van der Waals surface area contributed by atoms with Crippen molar-refractivity contribution in [3.8, 4) is 0 Å². The first-order valence-electron chi connectivity index (χ1n) is 28.6. The lowest BCUT2D eigenvalue weighted by atomic mass is 9.99. The number of ether oxygens (including phenoxy) is 3. The molecular weight excluding hydrogens is 859 g/mol. The van der Waals surface area contributed by atoms with Gasteiger partial charge in [0.05, 0.1) is 25.4 Å². The summed E-state index contributed by atoms with van der Waals surface area (Å²) in [5.74, 6) is -1.20. The summed E-state index contributed by atoms with van der Waals surface area (Å²) in [5.41, 5.74) is 0. The van der Waals surface area contributed by atoms with Gasteiger partial charge in [0.2, 0.25) is 5.91 Å². The fraction of sp³-hybridized carbons (Fsp3) is 0.895. The zero-order chi connectivity index (χ0) is 49.7. The quantitative estimate of drug-likeness (QED) is 0.0196. The number of hydrogen-bond acceptors (Lipinski definition) is 10. The van der Waals surface area contributed by atoms with Gasteiger partial charge in [-0.2, -0.15) is 0 Å². The van der Waals surface area contributed by atoms with E-state index in [1.807, 2.05) is 6.08 Å². The van der Waals surface area contributed by atoms with Gasteiger partial charge in [0, 0.05) is 6.42 Å². The van der Waals surface area contributed by atoms with Crippen LogP contribution in [0.5, 0.6) is 0 Å². The van der Waals surface area contributed by atoms with Crippen LogP contribution < -0.4 is 5.32 Å². The Morgan fingerprint density at radius 1 is 0.559 bits per heavy atom. The Balaban J connectivity index is 2.75. The number of carbonyl (C=O) groups is 2. The second kappa shape index (κ2) is 46.2. The molecule has 1 saturated heterocycles. The molecule has 0 spiro atoms. The average Bonchev–Trinajstić information content (AvgIpc) is 3.33. The van der Waals surface area contributed by atoms with E-state index in [1.54, 1.807) is 6.08 Å². The summed E-state index contributed by atoms with van der Waals surface area (Å²) in [6.07, 6.45) is 40.8. The molecule has 68 heavy (non-hydrogen) atoms. The van der Waals surface area contributed by atoms with E-state index in [0.29, 0.717) is 12.8 Å². The zero-order valence-corrected chi connectivity index (χ0v) is 44.0. The minimum absolute atomic E-state index is 0.127. The van der Waals surface area contributed by atoms with Crippen molar-refractivity contribution in [2.24, 2.45) is 0 Å². The number of nitrogens with one attached hydrogen (secondary N) is 1. The van der Waals surface area contributed by atoms with Crippen LogP contribution in [0.15, 0.2) is 24.3 Å². The van der Waals surface area contributed by atoms with Crippen LogP contribution in [0.3, 0.4) is 0 Å². The second-order valence-electron chi connectivity index (χ2n) is 20.0. The largest absolute Gasteiger partial charge is 0.454 e. The molecule has 8 unspecified atom stereocenters. The summed E-state index contributed by atoms with van der Waals surface area (Å²) in [6, 6.07) is -1.03. The maximum absolute atomic E-state index is 13.3. The van der Waals surface area contributed by atoms with Gasteiger partial charge in [-0.25, -0.2) is 0 Å². The molecule has 11 heteroatoms. The highest BCUT2D eigenvalue weighted by molar-refractivity contribution is 5.80. The molecule has 1 heterocycles. The Kier molecular flexibility index (Phi) is 43.6. The monoisotopic (exact) mass is 966 g/mol. The van der Waals surface area contributed by atoms with Gasteiger partial charge in [0.15, 0.2) is 12.4 Å². The van der Waals surface area contributed by atoms with Gasteiger partial charge in [0.25, 0.3) is 0 Å². The summed E-state index contributed by atoms with van der Waals surface area (Å²) in [4.78, 5) is 26.4. The molecule has 0 aromatic heterocycles. The second-order valence-corrected chi connectivity index (χ2v) is 20.0. The zero-order valence-electron chi connectivity index (χ0n) is 44.0. The lowest BCUT2D eigenvalue weighted by molar-refractivity contribution is -0.305. The molecule has 11 nitrogen and oxygen atoms in total. The summed E-state index contributed by atoms with van der Waals surface area (Å²) in [6.45, 7) is 5.77. The summed E-state index contributed by atoms with van der Waals surface area (Å²) in [5, 5.41) is 56.7. The van der Waals surface area contributed by atoms with Gasteiger partial charge in [0.1, 0.15) is 24.4 Å². The average molecular weight is 966 g/mol. The van der Waals surface area contributed by atoms with Crippen molar-refractivity contribution in [3.05, 3.63) is 24.3 Å². The van der Waals surface area contributed by atoms with Crippen LogP contribution in [0, 0.1) is 0 Å². The Morgan fingerprint density at radius 2 is 0.971 bits per heavy atom. The number of unbranched alkanes of at least 4 members (excludes halogenated alkanes) is 32. The molecule has 0 aliphatic carbocycles. The molecule has 6 N–H and O–H groups in total. The number of amides is 1. The summed E-state index contributed by atoms with van der Waals surface area (Å²) >= 11 is 0. The molecule has 1 fully saturated rings. The van der Waals surface area contributed by atoms with Crippen molar-refractivity contribution >= 4 is 11.9 Å². The van der Waals surface area contributed by atoms with Crippen LogP contribution in [0.4, 0.5) is 0 Å². The SMILES string of the molecule is CCCCCCCCC/C=C\CCCCC(O)C(=O)NC(COC1OC(CO)C(O)C(O)C1OC(=O)CCCCCCCCCCCCCCCC)C(O)/C=C/CCCCCCCCCCCC. The molecule has 1 aliphatic heterocycles. The van der Waals surface area contributed by atoms with Gasteiger partial charge in [-0.3, -0.25) is 9.59 Å². The van der Waals surface area contributed by atoms with E-state index in [4.69, 9.17) is 14.2 Å². The van der Waals surface area contributed by atoms with Crippen molar-refractivity contribution in [2.75, 3.05) is 13.2 Å². The number of esters is 1.